The maximum Gasteiger partial charge on any atom is 0.346 e. The Bertz CT molecular complexity index is 1190. The molecule has 0 spiro atoms. The lowest BCUT2D eigenvalue weighted by Crippen LogP contribution is -2.22. The van der Waals surface area contributed by atoms with Crippen LogP contribution in [0.5, 0.6) is 11.5 Å². The van der Waals surface area contributed by atoms with E-state index in [0.29, 0.717) is 41.5 Å². The standard InChI is InChI=1S/C25H24FNO5S/c1-3-11-32-18-10-7-15(12-19(18)31-4-2)17-13-20(28)27-22-21(14-5-8-16(26)9-6-14)24(25(29)30)33-23(17)22/h5-10,12,17H,3-4,11,13H2,1-2H3,(H,27,28)(H,29,30)/t17-/m1/s1. The second kappa shape index (κ2) is 9.62. The van der Waals surface area contributed by atoms with Gasteiger partial charge < -0.3 is 19.9 Å². The van der Waals surface area contributed by atoms with Crippen molar-refractivity contribution in [3.8, 4) is 22.6 Å². The van der Waals surface area contributed by atoms with Gasteiger partial charge in [0.2, 0.25) is 5.91 Å². The van der Waals surface area contributed by atoms with E-state index >= 15 is 0 Å². The van der Waals surface area contributed by atoms with Crippen LogP contribution in [0.25, 0.3) is 11.1 Å². The summed E-state index contributed by atoms with van der Waals surface area (Å²) in [6.45, 7) is 4.92. The average molecular weight is 470 g/mol. The molecule has 3 aromatic rings. The summed E-state index contributed by atoms with van der Waals surface area (Å²) < 4.78 is 25.0. The summed E-state index contributed by atoms with van der Waals surface area (Å²) in [5.41, 5.74) is 2.23. The molecule has 172 valence electrons. The monoisotopic (exact) mass is 469 g/mol. The molecule has 0 fully saturated rings. The van der Waals surface area contributed by atoms with Gasteiger partial charge in [0, 0.05) is 22.8 Å². The zero-order valence-corrected chi connectivity index (χ0v) is 19.1. The lowest BCUT2D eigenvalue weighted by Gasteiger charge is -2.24. The van der Waals surface area contributed by atoms with Crippen LogP contribution in [0.2, 0.25) is 0 Å². The van der Waals surface area contributed by atoms with Crippen LogP contribution >= 0.6 is 11.3 Å². The molecule has 1 aliphatic rings. The summed E-state index contributed by atoms with van der Waals surface area (Å²) in [7, 11) is 0. The Hall–Kier alpha value is -3.39. The second-order valence-corrected chi connectivity index (χ2v) is 8.70. The molecule has 0 unspecified atom stereocenters. The maximum atomic E-state index is 13.5. The maximum absolute atomic E-state index is 13.5. The number of amides is 1. The number of carbonyl (C=O) groups excluding carboxylic acids is 1. The quantitative estimate of drug-likeness (QED) is 0.428. The molecular formula is C25H24FNO5S. The second-order valence-electron chi connectivity index (χ2n) is 7.65. The number of carboxylic acids is 1. The minimum absolute atomic E-state index is 0.103. The lowest BCUT2D eigenvalue weighted by atomic mass is 9.88. The van der Waals surface area contributed by atoms with E-state index < -0.39 is 11.8 Å². The number of hydrogen-bond acceptors (Lipinski definition) is 5. The highest BCUT2D eigenvalue weighted by Gasteiger charge is 2.34. The number of aromatic carboxylic acids is 1. The van der Waals surface area contributed by atoms with Crippen molar-refractivity contribution in [2.24, 2.45) is 0 Å². The van der Waals surface area contributed by atoms with Crippen molar-refractivity contribution < 1.29 is 28.6 Å². The number of fused-ring (bicyclic) bond motifs is 1. The van der Waals surface area contributed by atoms with E-state index in [4.69, 9.17) is 9.47 Å². The van der Waals surface area contributed by atoms with Crippen molar-refractivity contribution in [3.63, 3.8) is 0 Å². The van der Waals surface area contributed by atoms with E-state index in [1.54, 1.807) is 0 Å². The Balaban J connectivity index is 1.83. The number of ether oxygens (including phenoxy) is 2. The molecule has 2 heterocycles. The smallest absolute Gasteiger partial charge is 0.346 e. The number of halogens is 1. The highest BCUT2D eigenvalue weighted by Crippen LogP contribution is 2.50. The molecule has 1 amide bonds. The van der Waals surface area contributed by atoms with Gasteiger partial charge in [0.25, 0.3) is 0 Å². The normalized spacial score (nSPS) is 15.0. The number of carboxylic acid groups (broad SMARTS) is 1. The Morgan fingerprint density at radius 2 is 1.91 bits per heavy atom. The predicted octanol–water partition coefficient (Wildman–Crippen LogP) is 5.91. The SMILES string of the molecule is CCCOc1ccc([C@H]2CC(=O)Nc3c2sc(C(=O)O)c3-c2ccc(F)cc2)cc1OCC. The van der Waals surface area contributed by atoms with Gasteiger partial charge in [0.05, 0.1) is 18.9 Å². The van der Waals surface area contributed by atoms with E-state index in [-0.39, 0.29) is 23.1 Å². The first-order chi connectivity index (χ1) is 15.9. The van der Waals surface area contributed by atoms with Gasteiger partial charge in [-0.1, -0.05) is 25.1 Å². The number of thiophene rings is 1. The molecule has 1 aliphatic heterocycles. The van der Waals surface area contributed by atoms with E-state index in [0.717, 1.165) is 28.2 Å². The molecular weight excluding hydrogens is 445 g/mol. The van der Waals surface area contributed by atoms with Gasteiger partial charge in [0.15, 0.2) is 11.5 Å². The fraction of sp³-hybridized carbons (Fsp3) is 0.280. The Morgan fingerprint density at radius 3 is 2.58 bits per heavy atom. The van der Waals surface area contributed by atoms with E-state index in [9.17, 15) is 19.1 Å². The average Bonchev–Trinajstić information content (AvgIpc) is 3.18. The first kappa shape index (κ1) is 22.8. The summed E-state index contributed by atoms with van der Waals surface area (Å²) in [6, 6.07) is 11.2. The summed E-state index contributed by atoms with van der Waals surface area (Å²) in [5.74, 6) is -0.854. The number of carbonyl (C=O) groups is 2. The van der Waals surface area contributed by atoms with Gasteiger partial charge in [-0.25, -0.2) is 9.18 Å². The molecule has 1 atom stereocenters. The minimum Gasteiger partial charge on any atom is -0.490 e. The van der Waals surface area contributed by atoms with Gasteiger partial charge in [0.1, 0.15) is 10.7 Å². The molecule has 2 aromatic carbocycles. The van der Waals surface area contributed by atoms with E-state index in [1.807, 2.05) is 32.0 Å². The number of benzene rings is 2. The third-order valence-electron chi connectivity index (χ3n) is 5.36. The van der Waals surface area contributed by atoms with Gasteiger partial charge in [-0.2, -0.15) is 0 Å². The summed E-state index contributed by atoms with van der Waals surface area (Å²) in [4.78, 5) is 25.6. The minimum atomic E-state index is -1.10. The highest BCUT2D eigenvalue weighted by molar-refractivity contribution is 7.15. The van der Waals surface area contributed by atoms with Crippen LogP contribution in [0, 0.1) is 5.82 Å². The van der Waals surface area contributed by atoms with Gasteiger partial charge in [-0.3, -0.25) is 4.79 Å². The Morgan fingerprint density at radius 1 is 1.15 bits per heavy atom. The Labute approximate surface area is 195 Å². The summed E-state index contributed by atoms with van der Waals surface area (Å²) in [5, 5.41) is 12.7. The molecule has 0 saturated heterocycles. The zero-order valence-electron chi connectivity index (χ0n) is 18.3. The van der Waals surface area contributed by atoms with Crippen LogP contribution in [0.4, 0.5) is 10.1 Å². The largest absolute Gasteiger partial charge is 0.490 e. The van der Waals surface area contributed by atoms with Crippen molar-refractivity contribution in [2.45, 2.75) is 32.6 Å². The molecule has 2 N–H and O–H groups in total. The van der Waals surface area contributed by atoms with Crippen LogP contribution in [-0.4, -0.2) is 30.2 Å². The van der Waals surface area contributed by atoms with Gasteiger partial charge >= 0.3 is 5.97 Å². The van der Waals surface area contributed by atoms with Crippen molar-refractivity contribution in [1.82, 2.24) is 0 Å². The molecule has 6 nitrogen and oxygen atoms in total. The molecule has 4 rings (SSSR count). The first-order valence-corrected chi connectivity index (χ1v) is 11.6. The van der Waals surface area contributed by atoms with Crippen molar-refractivity contribution >= 4 is 28.9 Å². The van der Waals surface area contributed by atoms with Crippen LogP contribution in [0.1, 0.15) is 52.7 Å². The van der Waals surface area contributed by atoms with E-state index in [2.05, 4.69) is 5.32 Å². The van der Waals surface area contributed by atoms with E-state index in [1.165, 1.54) is 24.3 Å². The van der Waals surface area contributed by atoms with Crippen molar-refractivity contribution in [1.29, 1.82) is 0 Å². The molecule has 0 radical (unpaired) electrons. The number of hydrogen-bond donors (Lipinski definition) is 2. The van der Waals surface area contributed by atoms with Crippen molar-refractivity contribution in [2.75, 3.05) is 18.5 Å². The topological polar surface area (TPSA) is 84.9 Å². The van der Waals surface area contributed by atoms with Gasteiger partial charge in [-0.15, -0.1) is 11.3 Å². The Kier molecular flexibility index (Phi) is 6.65. The van der Waals surface area contributed by atoms with Crippen LogP contribution < -0.4 is 14.8 Å². The van der Waals surface area contributed by atoms with Crippen LogP contribution in [-0.2, 0) is 4.79 Å². The summed E-state index contributed by atoms with van der Waals surface area (Å²) in [6.07, 6.45) is 1.04. The fourth-order valence-corrected chi connectivity index (χ4v) is 5.19. The number of anilines is 1. The number of rotatable bonds is 8. The van der Waals surface area contributed by atoms with Crippen LogP contribution in [0.15, 0.2) is 42.5 Å². The molecule has 1 aromatic heterocycles. The zero-order chi connectivity index (χ0) is 23.5. The molecule has 8 heteroatoms. The lowest BCUT2D eigenvalue weighted by molar-refractivity contribution is -0.116. The molecule has 33 heavy (non-hydrogen) atoms. The summed E-state index contributed by atoms with van der Waals surface area (Å²) >= 11 is 1.13. The molecule has 0 bridgehead atoms. The van der Waals surface area contributed by atoms with Crippen LogP contribution in [0.3, 0.4) is 0 Å². The van der Waals surface area contributed by atoms with Crippen molar-refractivity contribution in [3.05, 3.63) is 63.6 Å². The molecule has 0 saturated carbocycles. The number of nitrogens with one attached hydrogen (secondary N) is 1. The predicted molar refractivity (Wildman–Crippen MR) is 125 cm³/mol. The third kappa shape index (κ3) is 4.57. The fourth-order valence-electron chi connectivity index (χ4n) is 3.94. The molecule has 0 aliphatic carbocycles. The van der Waals surface area contributed by atoms with Gasteiger partial charge in [-0.05, 0) is 48.7 Å². The highest BCUT2D eigenvalue weighted by atomic mass is 32.1. The first-order valence-electron chi connectivity index (χ1n) is 10.8. The third-order valence-corrected chi connectivity index (χ3v) is 6.66.